The first-order chi connectivity index (χ1) is 18.5. The van der Waals surface area contributed by atoms with Crippen LogP contribution in [0.5, 0.6) is 0 Å². The van der Waals surface area contributed by atoms with Crippen LogP contribution in [0.1, 0.15) is 23.3 Å². The quantitative estimate of drug-likeness (QED) is 0.393. The summed E-state index contributed by atoms with van der Waals surface area (Å²) >= 11 is 1.37. The third kappa shape index (κ3) is 4.42. The zero-order valence-corrected chi connectivity index (χ0v) is 21.7. The fourth-order valence-electron chi connectivity index (χ4n) is 5.46. The van der Waals surface area contributed by atoms with Gasteiger partial charge in [-0.25, -0.2) is 9.67 Å². The van der Waals surface area contributed by atoms with E-state index >= 15 is 0 Å². The number of benzene rings is 2. The lowest BCUT2D eigenvalue weighted by molar-refractivity contribution is -0.135. The van der Waals surface area contributed by atoms with Gasteiger partial charge in [0.1, 0.15) is 11.2 Å². The summed E-state index contributed by atoms with van der Waals surface area (Å²) in [5.41, 5.74) is 8.16. The highest BCUT2D eigenvalue weighted by Gasteiger charge is 2.45. The molecule has 2 aliphatic heterocycles. The van der Waals surface area contributed by atoms with Crippen LogP contribution in [0.4, 0.5) is 11.4 Å². The number of ether oxygens (including phenoxy) is 1. The second-order valence-electron chi connectivity index (χ2n) is 9.58. The Morgan fingerprint density at radius 2 is 1.74 bits per heavy atom. The molecule has 0 unspecified atom stereocenters. The number of para-hydroxylation sites is 3. The Bertz CT molecular complexity index is 1470. The smallest absolute Gasteiger partial charge is 0.275 e. The molecule has 0 atom stereocenters. The van der Waals surface area contributed by atoms with Gasteiger partial charge in [-0.15, -0.1) is 11.3 Å². The van der Waals surface area contributed by atoms with E-state index in [1.165, 1.54) is 11.3 Å². The molecule has 38 heavy (non-hydrogen) atoms. The molecule has 2 aliphatic rings. The first-order valence-corrected chi connectivity index (χ1v) is 13.6. The number of thiazole rings is 1. The molecule has 2 aromatic heterocycles. The van der Waals surface area contributed by atoms with Crippen molar-refractivity contribution >= 4 is 45.4 Å². The van der Waals surface area contributed by atoms with Crippen LogP contribution in [-0.2, 0) is 9.53 Å². The molecular weight excluding hydrogens is 502 g/mol. The Morgan fingerprint density at radius 1 is 1.00 bits per heavy atom. The molecule has 10 nitrogen and oxygen atoms in total. The van der Waals surface area contributed by atoms with Gasteiger partial charge in [-0.05, 0) is 31.0 Å². The fraction of sp³-hybridized carbons (Fsp3) is 0.333. The molecule has 3 N–H and O–H groups in total. The summed E-state index contributed by atoms with van der Waals surface area (Å²) in [7, 11) is 0. The lowest BCUT2D eigenvalue weighted by atomic mass is 9.84. The topological polar surface area (TPSA) is 119 Å². The molecule has 11 heteroatoms. The number of morpholine rings is 1. The Morgan fingerprint density at radius 3 is 2.53 bits per heavy atom. The van der Waals surface area contributed by atoms with Gasteiger partial charge >= 0.3 is 0 Å². The third-order valence-electron chi connectivity index (χ3n) is 7.54. The van der Waals surface area contributed by atoms with Crippen LogP contribution in [0.3, 0.4) is 0 Å². The molecule has 0 saturated carbocycles. The Balaban J connectivity index is 1.18. The fourth-order valence-corrected chi connectivity index (χ4v) is 6.23. The van der Waals surface area contributed by atoms with Crippen LogP contribution in [0.25, 0.3) is 16.0 Å². The molecule has 2 saturated heterocycles. The number of nitrogens with zero attached hydrogens (tertiary/aromatic N) is 5. The summed E-state index contributed by atoms with van der Waals surface area (Å²) in [6.45, 7) is 3.95. The Labute approximate surface area is 224 Å². The number of nitrogens with one attached hydrogen (secondary N) is 1. The number of fused-ring (bicyclic) bond motifs is 1. The predicted octanol–water partition coefficient (Wildman–Crippen LogP) is 2.89. The van der Waals surface area contributed by atoms with Gasteiger partial charge in [0.15, 0.2) is 0 Å². The van der Waals surface area contributed by atoms with Gasteiger partial charge in [-0.1, -0.05) is 30.3 Å². The second-order valence-corrected chi connectivity index (χ2v) is 10.4. The highest BCUT2D eigenvalue weighted by atomic mass is 32.1. The number of nitrogens with two attached hydrogens (primary N) is 1. The maximum atomic E-state index is 13.2. The molecule has 0 aliphatic carbocycles. The molecule has 2 amide bonds. The van der Waals surface area contributed by atoms with Gasteiger partial charge in [0, 0.05) is 36.9 Å². The number of aromatic nitrogens is 3. The average Bonchev–Trinajstić information content (AvgIpc) is 3.61. The van der Waals surface area contributed by atoms with Gasteiger partial charge in [0.05, 0.1) is 36.3 Å². The molecule has 6 rings (SSSR count). The van der Waals surface area contributed by atoms with E-state index in [1.807, 2.05) is 48.5 Å². The van der Waals surface area contributed by atoms with Crippen LogP contribution in [0, 0.1) is 0 Å². The van der Waals surface area contributed by atoms with Crippen molar-refractivity contribution in [1.82, 2.24) is 19.7 Å². The number of carbonyl (C=O) groups is 2. The number of hydrogen-bond acceptors (Lipinski definition) is 8. The normalized spacial score (nSPS) is 17.9. The molecule has 0 bridgehead atoms. The van der Waals surface area contributed by atoms with Crippen LogP contribution in [-0.4, -0.2) is 76.4 Å². The van der Waals surface area contributed by atoms with Crippen molar-refractivity contribution in [2.75, 3.05) is 49.6 Å². The summed E-state index contributed by atoms with van der Waals surface area (Å²) in [5.74, 6) is -0.557. The van der Waals surface area contributed by atoms with E-state index < -0.39 is 5.54 Å². The van der Waals surface area contributed by atoms with Gasteiger partial charge in [0.2, 0.25) is 11.0 Å². The summed E-state index contributed by atoms with van der Waals surface area (Å²) in [4.78, 5) is 34.8. The number of piperidine rings is 1. The summed E-state index contributed by atoms with van der Waals surface area (Å²) in [5, 5.41) is 10.9. The van der Waals surface area contributed by atoms with E-state index in [0.29, 0.717) is 68.7 Å². The largest absolute Gasteiger partial charge is 0.379 e. The van der Waals surface area contributed by atoms with E-state index in [0.717, 1.165) is 16.6 Å². The second kappa shape index (κ2) is 10.2. The van der Waals surface area contributed by atoms with Crippen LogP contribution in [0.15, 0.2) is 60.1 Å². The lowest BCUT2D eigenvalue weighted by Gasteiger charge is -2.48. The molecule has 4 aromatic rings. The van der Waals surface area contributed by atoms with Crippen LogP contribution < -0.4 is 16.0 Å². The standard InChI is InChI=1S/C27H29N7O3S/c28-25(36)27(33-13-15-37-16-14-33)9-11-32(12-10-27)23-8-4-2-6-20(23)30-24(35)21-18-38-26(31-21)34-22-7-3-1-5-19(22)17-29-34/h1-8,17-18H,9-16H2,(H2,28,36)(H,30,35). The third-order valence-corrected chi connectivity index (χ3v) is 8.36. The number of rotatable bonds is 6. The average molecular weight is 532 g/mol. The first kappa shape index (κ1) is 24.5. The Kier molecular flexibility index (Phi) is 6.56. The minimum Gasteiger partial charge on any atom is -0.379 e. The molecule has 0 radical (unpaired) electrons. The summed E-state index contributed by atoms with van der Waals surface area (Å²) in [6, 6.07) is 15.6. The van der Waals surface area contributed by atoms with E-state index in [4.69, 9.17) is 10.5 Å². The summed E-state index contributed by atoms with van der Waals surface area (Å²) in [6.07, 6.45) is 3.03. The number of carbonyl (C=O) groups excluding carboxylic acids is 2. The number of anilines is 2. The number of primary amides is 1. The van der Waals surface area contributed by atoms with Crippen molar-refractivity contribution in [3.63, 3.8) is 0 Å². The van der Waals surface area contributed by atoms with Gasteiger partial charge in [-0.3, -0.25) is 14.5 Å². The van der Waals surface area contributed by atoms with Gasteiger partial charge < -0.3 is 20.7 Å². The minimum absolute atomic E-state index is 0.273. The number of hydrogen-bond donors (Lipinski definition) is 2. The first-order valence-electron chi connectivity index (χ1n) is 12.7. The molecule has 0 spiro atoms. The monoisotopic (exact) mass is 531 g/mol. The zero-order chi connectivity index (χ0) is 26.1. The predicted molar refractivity (Wildman–Crippen MR) is 147 cm³/mol. The van der Waals surface area contributed by atoms with E-state index in [1.54, 1.807) is 16.3 Å². The van der Waals surface area contributed by atoms with E-state index in [9.17, 15) is 9.59 Å². The maximum Gasteiger partial charge on any atom is 0.275 e. The highest BCUT2D eigenvalue weighted by Crippen LogP contribution is 2.35. The van der Waals surface area contributed by atoms with E-state index in [-0.39, 0.29) is 11.8 Å². The maximum absolute atomic E-state index is 13.2. The zero-order valence-electron chi connectivity index (χ0n) is 20.9. The molecular formula is C27H29N7O3S. The van der Waals surface area contributed by atoms with E-state index in [2.05, 4.69) is 25.2 Å². The van der Waals surface area contributed by atoms with Gasteiger partial charge in [0.25, 0.3) is 5.91 Å². The minimum atomic E-state index is -0.661. The van der Waals surface area contributed by atoms with Crippen LogP contribution >= 0.6 is 11.3 Å². The molecule has 2 aromatic carbocycles. The van der Waals surface area contributed by atoms with Crippen molar-refractivity contribution in [2.45, 2.75) is 18.4 Å². The number of amides is 2. The Hall–Kier alpha value is -3.80. The SMILES string of the molecule is NC(=O)C1(N2CCOCC2)CCN(c2ccccc2NC(=O)c2csc(-n3ncc4ccccc43)n2)CC1. The van der Waals surface area contributed by atoms with Gasteiger partial charge in [-0.2, -0.15) is 5.10 Å². The van der Waals surface area contributed by atoms with Crippen LogP contribution in [0.2, 0.25) is 0 Å². The summed E-state index contributed by atoms with van der Waals surface area (Å²) < 4.78 is 7.23. The van der Waals surface area contributed by atoms with Crippen molar-refractivity contribution in [2.24, 2.45) is 5.73 Å². The lowest BCUT2D eigenvalue weighted by Crippen LogP contribution is -2.64. The van der Waals surface area contributed by atoms with Crippen molar-refractivity contribution in [3.8, 4) is 5.13 Å². The van der Waals surface area contributed by atoms with Crippen molar-refractivity contribution in [3.05, 3.63) is 65.8 Å². The molecule has 196 valence electrons. The van der Waals surface area contributed by atoms with Crippen molar-refractivity contribution < 1.29 is 14.3 Å². The van der Waals surface area contributed by atoms with Crippen molar-refractivity contribution in [1.29, 1.82) is 0 Å². The highest BCUT2D eigenvalue weighted by molar-refractivity contribution is 7.12. The molecule has 4 heterocycles. The molecule has 2 fully saturated rings.